The van der Waals surface area contributed by atoms with Crippen LogP contribution in [0.3, 0.4) is 0 Å². The van der Waals surface area contributed by atoms with Crippen molar-refractivity contribution in [1.82, 2.24) is 10.2 Å². The van der Waals surface area contributed by atoms with Gasteiger partial charge in [0, 0.05) is 13.1 Å². The van der Waals surface area contributed by atoms with E-state index in [0.717, 1.165) is 18.4 Å². The quantitative estimate of drug-likeness (QED) is 0.627. The van der Waals surface area contributed by atoms with Crippen molar-refractivity contribution in [2.45, 2.75) is 52.1 Å². The highest BCUT2D eigenvalue weighted by Gasteiger charge is 2.28. The molecule has 2 aromatic rings. The molecule has 0 bridgehead atoms. The molecule has 0 aromatic heterocycles. The number of amides is 2. The smallest absolute Gasteiger partial charge is 0.242 e. The van der Waals surface area contributed by atoms with Crippen LogP contribution in [0.2, 0.25) is 0 Å². The van der Waals surface area contributed by atoms with E-state index in [2.05, 4.69) is 12.2 Å². The molecule has 1 N–H and O–H groups in total. The topological polar surface area (TPSA) is 49.4 Å². The van der Waals surface area contributed by atoms with Gasteiger partial charge in [-0.2, -0.15) is 0 Å². The molecule has 4 nitrogen and oxygen atoms in total. The lowest BCUT2D eigenvalue weighted by molar-refractivity contribution is -0.141. The molecule has 5 heteroatoms. The summed E-state index contributed by atoms with van der Waals surface area (Å²) in [7, 11) is 0. The second-order valence-electron chi connectivity index (χ2n) is 6.84. The Morgan fingerprint density at radius 1 is 1.04 bits per heavy atom. The van der Waals surface area contributed by atoms with Gasteiger partial charge in [-0.05, 0) is 30.0 Å². The summed E-state index contributed by atoms with van der Waals surface area (Å²) in [6.07, 6.45) is 2.30. The normalized spacial score (nSPS) is 11.7. The van der Waals surface area contributed by atoms with Gasteiger partial charge in [-0.1, -0.05) is 68.8 Å². The van der Waals surface area contributed by atoms with Crippen LogP contribution in [0.15, 0.2) is 54.6 Å². The maximum absolute atomic E-state index is 14.0. The molecule has 1 unspecified atom stereocenters. The van der Waals surface area contributed by atoms with Gasteiger partial charge in [0.2, 0.25) is 11.8 Å². The summed E-state index contributed by atoms with van der Waals surface area (Å²) >= 11 is 0. The summed E-state index contributed by atoms with van der Waals surface area (Å²) in [5.41, 5.74) is 1.27. The van der Waals surface area contributed by atoms with Crippen LogP contribution in [0.5, 0.6) is 0 Å². The number of benzene rings is 2. The minimum Gasteiger partial charge on any atom is -0.354 e. The Morgan fingerprint density at radius 3 is 2.36 bits per heavy atom. The average Bonchev–Trinajstić information content (AvgIpc) is 2.70. The SMILES string of the molecule is CCCCNC(=O)C(CC)N(Cc1ccccc1)C(=O)Cc1ccccc1F. The molecule has 28 heavy (non-hydrogen) atoms. The van der Waals surface area contributed by atoms with Crippen molar-refractivity contribution in [2.24, 2.45) is 0 Å². The first-order valence-corrected chi connectivity index (χ1v) is 9.91. The number of hydrogen-bond acceptors (Lipinski definition) is 2. The molecule has 0 aliphatic carbocycles. The largest absolute Gasteiger partial charge is 0.354 e. The first-order valence-electron chi connectivity index (χ1n) is 9.91. The Bertz CT molecular complexity index is 764. The zero-order valence-corrected chi connectivity index (χ0v) is 16.7. The summed E-state index contributed by atoms with van der Waals surface area (Å²) in [6, 6.07) is 15.2. The van der Waals surface area contributed by atoms with Gasteiger partial charge in [0.15, 0.2) is 0 Å². The van der Waals surface area contributed by atoms with Crippen LogP contribution in [0.25, 0.3) is 0 Å². The van der Waals surface area contributed by atoms with Gasteiger partial charge in [-0.25, -0.2) is 4.39 Å². The average molecular weight is 384 g/mol. The lowest BCUT2D eigenvalue weighted by Gasteiger charge is -2.31. The second kappa shape index (κ2) is 11.2. The van der Waals surface area contributed by atoms with E-state index in [1.807, 2.05) is 37.3 Å². The van der Waals surface area contributed by atoms with Crippen LogP contribution in [0.1, 0.15) is 44.2 Å². The van der Waals surface area contributed by atoms with Crippen LogP contribution in [-0.2, 0) is 22.6 Å². The molecular weight excluding hydrogens is 355 g/mol. The minimum atomic E-state index is -0.587. The molecule has 0 aliphatic heterocycles. The summed E-state index contributed by atoms with van der Waals surface area (Å²) < 4.78 is 14.0. The van der Waals surface area contributed by atoms with Gasteiger partial charge in [0.1, 0.15) is 11.9 Å². The maximum Gasteiger partial charge on any atom is 0.242 e. The van der Waals surface area contributed by atoms with E-state index in [-0.39, 0.29) is 18.2 Å². The maximum atomic E-state index is 14.0. The molecule has 0 saturated heterocycles. The third kappa shape index (κ3) is 6.19. The molecule has 0 heterocycles. The number of nitrogens with one attached hydrogen (secondary N) is 1. The molecule has 2 aromatic carbocycles. The van der Waals surface area contributed by atoms with E-state index in [1.165, 1.54) is 6.07 Å². The molecular formula is C23H29FN2O2. The first-order chi connectivity index (χ1) is 13.6. The molecule has 0 saturated carbocycles. The highest BCUT2D eigenvalue weighted by Crippen LogP contribution is 2.16. The molecule has 0 aliphatic rings. The third-order valence-corrected chi connectivity index (χ3v) is 4.71. The zero-order chi connectivity index (χ0) is 20.4. The van der Waals surface area contributed by atoms with Gasteiger partial charge in [0.25, 0.3) is 0 Å². The fraction of sp³-hybridized carbons (Fsp3) is 0.391. The van der Waals surface area contributed by atoms with Crippen LogP contribution in [0.4, 0.5) is 4.39 Å². The fourth-order valence-electron chi connectivity index (χ4n) is 3.11. The molecule has 0 fully saturated rings. The van der Waals surface area contributed by atoms with Gasteiger partial charge in [-0.15, -0.1) is 0 Å². The molecule has 2 amide bonds. The Hall–Kier alpha value is -2.69. The highest BCUT2D eigenvalue weighted by atomic mass is 19.1. The van der Waals surface area contributed by atoms with Gasteiger partial charge in [-0.3, -0.25) is 9.59 Å². The van der Waals surface area contributed by atoms with Crippen LogP contribution in [-0.4, -0.2) is 29.3 Å². The van der Waals surface area contributed by atoms with Crippen molar-refractivity contribution in [2.75, 3.05) is 6.54 Å². The van der Waals surface area contributed by atoms with E-state index >= 15 is 0 Å². The number of carbonyl (C=O) groups is 2. The number of carbonyl (C=O) groups excluding carboxylic acids is 2. The first kappa shape index (κ1) is 21.6. The number of unbranched alkanes of at least 4 members (excludes halogenated alkanes) is 1. The Kier molecular flexibility index (Phi) is 8.66. The summed E-state index contributed by atoms with van der Waals surface area (Å²) in [5.74, 6) is -0.823. The van der Waals surface area contributed by atoms with Crippen LogP contribution in [0, 0.1) is 5.82 Å². The number of halogens is 1. The van der Waals surface area contributed by atoms with Gasteiger partial charge >= 0.3 is 0 Å². The van der Waals surface area contributed by atoms with E-state index < -0.39 is 11.9 Å². The van der Waals surface area contributed by atoms with Crippen molar-refractivity contribution >= 4 is 11.8 Å². The number of nitrogens with zero attached hydrogens (tertiary/aromatic N) is 1. The highest BCUT2D eigenvalue weighted by molar-refractivity contribution is 5.88. The number of hydrogen-bond donors (Lipinski definition) is 1. The fourth-order valence-corrected chi connectivity index (χ4v) is 3.11. The van der Waals surface area contributed by atoms with Crippen molar-refractivity contribution < 1.29 is 14.0 Å². The molecule has 1 atom stereocenters. The Balaban J connectivity index is 2.22. The summed E-state index contributed by atoms with van der Waals surface area (Å²) in [4.78, 5) is 27.4. The Morgan fingerprint density at radius 2 is 1.71 bits per heavy atom. The van der Waals surface area contributed by atoms with Gasteiger partial charge in [0.05, 0.1) is 6.42 Å². The van der Waals surface area contributed by atoms with E-state index in [9.17, 15) is 14.0 Å². The lowest BCUT2D eigenvalue weighted by atomic mass is 10.1. The van der Waals surface area contributed by atoms with Crippen LogP contribution >= 0.6 is 0 Å². The van der Waals surface area contributed by atoms with Crippen molar-refractivity contribution in [3.05, 3.63) is 71.5 Å². The summed E-state index contributed by atoms with van der Waals surface area (Å²) in [6.45, 7) is 4.85. The predicted octanol–water partition coefficient (Wildman–Crippen LogP) is 4.09. The molecule has 150 valence electrons. The van der Waals surface area contributed by atoms with Crippen molar-refractivity contribution in [1.29, 1.82) is 0 Å². The van der Waals surface area contributed by atoms with Crippen molar-refractivity contribution in [3.8, 4) is 0 Å². The second-order valence-corrected chi connectivity index (χ2v) is 6.84. The minimum absolute atomic E-state index is 0.0712. The standard InChI is InChI=1S/C23H29FN2O2/c1-3-5-15-25-23(28)21(4-2)26(17-18-11-7-6-8-12-18)22(27)16-19-13-9-10-14-20(19)24/h6-14,21H,3-5,15-17H2,1-2H3,(H,25,28). The van der Waals surface area contributed by atoms with Crippen LogP contribution < -0.4 is 5.32 Å². The third-order valence-electron chi connectivity index (χ3n) is 4.71. The van der Waals surface area contributed by atoms with E-state index in [0.29, 0.717) is 25.1 Å². The number of rotatable bonds is 10. The lowest BCUT2D eigenvalue weighted by Crippen LogP contribution is -2.49. The molecule has 0 spiro atoms. The summed E-state index contributed by atoms with van der Waals surface area (Å²) in [5, 5.41) is 2.92. The predicted molar refractivity (Wildman–Crippen MR) is 109 cm³/mol. The van der Waals surface area contributed by atoms with Gasteiger partial charge < -0.3 is 10.2 Å². The van der Waals surface area contributed by atoms with Crippen molar-refractivity contribution in [3.63, 3.8) is 0 Å². The Labute approximate surface area is 166 Å². The van der Waals surface area contributed by atoms with E-state index in [1.54, 1.807) is 23.1 Å². The zero-order valence-electron chi connectivity index (χ0n) is 16.7. The monoisotopic (exact) mass is 384 g/mol. The molecule has 0 radical (unpaired) electrons. The molecule has 2 rings (SSSR count). The van der Waals surface area contributed by atoms with E-state index in [4.69, 9.17) is 0 Å².